The van der Waals surface area contributed by atoms with Crippen molar-refractivity contribution in [1.29, 1.82) is 0 Å². The Morgan fingerprint density at radius 2 is 1.93 bits per heavy atom. The van der Waals surface area contributed by atoms with Crippen molar-refractivity contribution < 1.29 is 5.11 Å². The standard InChI is InChI=1S/C28H44O/c1-6-20(7-2)9-8-19(3)24-12-13-25-23-11-10-21-18-22(29)14-16-27(21,4)26(23)15-17-28(24,25)5/h6,10-11,19,22,24-26,29H,7-9,12-18H2,1-5H3/b20-6+. The molecule has 0 saturated heterocycles. The van der Waals surface area contributed by atoms with Crippen LogP contribution in [0.25, 0.3) is 0 Å². The van der Waals surface area contributed by atoms with Crippen LogP contribution < -0.4 is 0 Å². The summed E-state index contributed by atoms with van der Waals surface area (Å²) < 4.78 is 0. The van der Waals surface area contributed by atoms with E-state index >= 15 is 0 Å². The van der Waals surface area contributed by atoms with Crippen molar-refractivity contribution in [3.05, 3.63) is 34.9 Å². The average Bonchev–Trinajstić information content (AvgIpc) is 3.06. The number of rotatable bonds is 5. The highest BCUT2D eigenvalue weighted by Gasteiger charge is 2.56. The molecule has 0 spiro atoms. The summed E-state index contributed by atoms with van der Waals surface area (Å²) >= 11 is 0. The first-order valence-electron chi connectivity index (χ1n) is 12.6. The summed E-state index contributed by atoms with van der Waals surface area (Å²) in [5.74, 6) is 3.24. The number of aliphatic hydroxyl groups is 1. The average molecular weight is 397 g/mol. The molecule has 0 aromatic carbocycles. The zero-order chi connectivity index (χ0) is 20.8. The van der Waals surface area contributed by atoms with E-state index in [2.05, 4.69) is 52.8 Å². The first-order valence-corrected chi connectivity index (χ1v) is 12.6. The molecule has 4 aliphatic rings. The van der Waals surface area contributed by atoms with E-state index in [1.807, 2.05) is 0 Å². The van der Waals surface area contributed by atoms with E-state index < -0.39 is 0 Å². The van der Waals surface area contributed by atoms with Gasteiger partial charge in [0.2, 0.25) is 0 Å². The third-order valence-corrected chi connectivity index (χ3v) is 10.1. The Bertz CT molecular complexity index is 712. The third-order valence-electron chi connectivity index (χ3n) is 10.1. The first kappa shape index (κ1) is 21.4. The number of hydrogen-bond donors (Lipinski definition) is 1. The van der Waals surface area contributed by atoms with Crippen LogP contribution in [0.3, 0.4) is 0 Å². The maximum Gasteiger partial charge on any atom is 0.0578 e. The highest BCUT2D eigenvalue weighted by atomic mass is 16.3. The van der Waals surface area contributed by atoms with Gasteiger partial charge in [0.1, 0.15) is 0 Å². The van der Waals surface area contributed by atoms with Crippen molar-refractivity contribution in [3.63, 3.8) is 0 Å². The molecule has 1 heteroatoms. The molecule has 29 heavy (non-hydrogen) atoms. The Kier molecular flexibility index (Phi) is 5.93. The van der Waals surface area contributed by atoms with Crippen molar-refractivity contribution in [2.75, 3.05) is 0 Å². The van der Waals surface area contributed by atoms with Gasteiger partial charge in [0.05, 0.1) is 6.10 Å². The zero-order valence-corrected chi connectivity index (χ0v) is 19.6. The van der Waals surface area contributed by atoms with Gasteiger partial charge in [-0.05, 0) is 106 Å². The smallest absolute Gasteiger partial charge is 0.0578 e. The van der Waals surface area contributed by atoms with Gasteiger partial charge >= 0.3 is 0 Å². The lowest BCUT2D eigenvalue weighted by atomic mass is 9.50. The Morgan fingerprint density at radius 1 is 1.14 bits per heavy atom. The van der Waals surface area contributed by atoms with Gasteiger partial charge in [-0.3, -0.25) is 0 Å². The highest BCUT2D eigenvalue weighted by Crippen LogP contribution is 2.66. The second kappa shape index (κ2) is 8.03. The van der Waals surface area contributed by atoms with Crippen LogP contribution in [0, 0.1) is 34.5 Å². The second-order valence-electron chi connectivity index (χ2n) is 11.3. The predicted octanol–water partition coefficient (Wildman–Crippen LogP) is 7.62. The lowest BCUT2D eigenvalue weighted by Crippen LogP contribution is -2.46. The van der Waals surface area contributed by atoms with Crippen LogP contribution in [-0.2, 0) is 0 Å². The summed E-state index contributed by atoms with van der Waals surface area (Å²) in [5, 5.41) is 10.2. The van der Waals surface area contributed by atoms with Crippen molar-refractivity contribution in [2.45, 2.75) is 105 Å². The minimum atomic E-state index is -0.111. The largest absolute Gasteiger partial charge is 0.393 e. The Morgan fingerprint density at radius 3 is 2.66 bits per heavy atom. The number of allylic oxidation sites excluding steroid dienone is 5. The maximum atomic E-state index is 10.2. The third kappa shape index (κ3) is 3.50. The summed E-state index contributed by atoms with van der Waals surface area (Å²) in [7, 11) is 0. The molecule has 3 saturated carbocycles. The Balaban J connectivity index is 1.54. The molecule has 0 radical (unpaired) electrons. The monoisotopic (exact) mass is 396 g/mol. The number of fused-ring (bicyclic) bond motifs is 5. The molecule has 0 amide bonds. The van der Waals surface area contributed by atoms with Crippen LogP contribution in [0.2, 0.25) is 0 Å². The Hall–Kier alpha value is -0.820. The lowest BCUT2D eigenvalue weighted by Gasteiger charge is -2.55. The number of hydrogen-bond acceptors (Lipinski definition) is 1. The van der Waals surface area contributed by atoms with Crippen LogP contribution in [0.1, 0.15) is 98.8 Å². The molecular formula is C28H44O. The van der Waals surface area contributed by atoms with E-state index in [-0.39, 0.29) is 6.10 Å². The molecule has 0 aromatic rings. The lowest BCUT2D eigenvalue weighted by molar-refractivity contribution is 0.0327. The van der Waals surface area contributed by atoms with E-state index in [1.165, 1.54) is 56.9 Å². The van der Waals surface area contributed by atoms with Crippen LogP contribution in [0.5, 0.6) is 0 Å². The molecule has 0 aliphatic heterocycles. The molecule has 3 fully saturated rings. The molecule has 4 aliphatic carbocycles. The fourth-order valence-corrected chi connectivity index (χ4v) is 8.10. The van der Waals surface area contributed by atoms with Gasteiger partial charge in [0.15, 0.2) is 0 Å². The summed E-state index contributed by atoms with van der Waals surface area (Å²) in [6.07, 6.45) is 19.7. The summed E-state index contributed by atoms with van der Waals surface area (Å²) in [6, 6.07) is 0. The molecule has 7 unspecified atom stereocenters. The fraction of sp³-hybridized carbons (Fsp3) is 0.786. The van der Waals surface area contributed by atoms with Crippen LogP contribution >= 0.6 is 0 Å². The van der Waals surface area contributed by atoms with Crippen molar-refractivity contribution in [2.24, 2.45) is 34.5 Å². The van der Waals surface area contributed by atoms with E-state index in [0.29, 0.717) is 10.8 Å². The summed E-state index contributed by atoms with van der Waals surface area (Å²) in [4.78, 5) is 0. The van der Waals surface area contributed by atoms with Gasteiger partial charge in [-0.1, -0.05) is 62.6 Å². The highest BCUT2D eigenvalue weighted by molar-refractivity contribution is 5.38. The fourth-order valence-electron chi connectivity index (χ4n) is 8.10. The van der Waals surface area contributed by atoms with Gasteiger partial charge in [-0.2, -0.15) is 0 Å². The summed E-state index contributed by atoms with van der Waals surface area (Å²) in [5.41, 5.74) is 5.78. The van der Waals surface area contributed by atoms with E-state index in [9.17, 15) is 5.11 Å². The molecule has 4 rings (SSSR count). The summed E-state index contributed by atoms with van der Waals surface area (Å²) in [6.45, 7) is 12.2. The second-order valence-corrected chi connectivity index (χ2v) is 11.3. The molecule has 7 atom stereocenters. The minimum absolute atomic E-state index is 0.111. The Labute approximate surface area is 179 Å². The van der Waals surface area contributed by atoms with E-state index in [1.54, 1.807) is 11.1 Å². The maximum absolute atomic E-state index is 10.2. The van der Waals surface area contributed by atoms with Gasteiger partial charge in [0.25, 0.3) is 0 Å². The van der Waals surface area contributed by atoms with Crippen LogP contribution in [0.15, 0.2) is 34.9 Å². The van der Waals surface area contributed by atoms with Crippen LogP contribution in [0.4, 0.5) is 0 Å². The van der Waals surface area contributed by atoms with Gasteiger partial charge in [-0.25, -0.2) is 0 Å². The van der Waals surface area contributed by atoms with E-state index in [4.69, 9.17) is 0 Å². The van der Waals surface area contributed by atoms with Gasteiger partial charge in [0, 0.05) is 0 Å². The molecule has 0 aromatic heterocycles. The van der Waals surface area contributed by atoms with Crippen LogP contribution in [-0.4, -0.2) is 11.2 Å². The predicted molar refractivity (Wildman–Crippen MR) is 124 cm³/mol. The normalized spacial score (nSPS) is 43.0. The molecule has 0 bridgehead atoms. The van der Waals surface area contributed by atoms with Crippen molar-refractivity contribution in [1.82, 2.24) is 0 Å². The first-order chi connectivity index (χ1) is 13.8. The SMILES string of the molecule is C/C=C(\CC)CCC(C)C1CCC2C3=CC=C4CC(O)CCC4(C)C3CCC21C. The molecular weight excluding hydrogens is 352 g/mol. The number of aliphatic hydroxyl groups excluding tert-OH is 1. The molecule has 0 heterocycles. The quantitative estimate of drug-likeness (QED) is 0.474. The van der Waals surface area contributed by atoms with Crippen molar-refractivity contribution in [3.8, 4) is 0 Å². The molecule has 1 nitrogen and oxygen atoms in total. The molecule has 162 valence electrons. The van der Waals surface area contributed by atoms with E-state index in [0.717, 1.165) is 36.5 Å². The zero-order valence-electron chi connectivity index (χ0n) is 19.6. The van der Waals surface area contributed by atoms with Gasteiger partial charge in [-0.15, -0.1) is 0 Å². The molecule has 1 N–H and O–H groups in total. The van der Waals surface area contributed by atoms with Crippen molar-refractivity contribution >= 4 is 0 Å². The van der Waals surface area contributed by atoms with Gasteiger partial charge < -0.3 is 5.11 Å². The minimum Gasteiger partial charge on any atom is -0.393 e. The topological polar surface area (TPSA) is 20.2 Å².